The Bertz CT molecular complexity index is 597. The van der Waals surface area contributed by atoms with Crippen LogP contribution in [0, 0.1) is 6.92 Å². The van der Waals surface area contributed by atoms with Crippen LogP contribution < -0.4 is 5.32 Å². The molecule has 0 aliphatic rings. The van der Waals surface area contributed by atoms with Gasteiger partial charge in [-0.05, 0) is 19.1 Å². The summed E-state index contributed by atoms with van der Waals surface area (Å²) < 4.78 is 0. The zero-order chi connectivity index (χ0) is 14.0. The molecule has 0 saturated carbocycles. The average Bonchev–Trinajstić information content (AvgIpc) is 2.37. The van der Waals surface area contributed by atoms with E-state index in [4.69, 9.17) is 23.2 Å². The van der Waals surface area contributed by atoms with Crippen LogP contribution in [0.1, 0.15) is 31.2 Å². The van der Waals surface area contributed by atoms with Crippen molar-refractivity contribution in [1.82, 2.24) is 9.97 Å². The molecule has 0 aliphatic heterocycles. The van der Waals surface area contributed by atoms with E-state index in [-0.39, 0.29) is 5.92 Å². The number of halogens is 2. The predicted molar refractivity (Wildman–Crippen MR) is 80.6 cm³/mol. The molecule has 0 saturated heterocycles. The van der Waals surface area contributed by atoms with Crippen LogP contribution in [-0.4, -0.2) is 9.97 Å². The lowest BCUT2D eigenvalue weighted by Crippen LogP contribution is -2.05. The molecule has 1 N–H and O–H groups in total. The van der Waals surface area contributed by atoms with E-state index in [1.807, 2.05) is 45.0 Å². The van der Waals surface area contributed by atoms with E-state index in [1.165, 1.54) is 0 Å². The van der Waals surface area contributed by atoms with E-state index >= 15 is 0 Å². The zero-order valence-corrected chi connectivity index (χ0v) is 12.5. The molecule has 0 radical (unpaired) electrons. The average molecular weight is 296 g/mol. The van der Waals surface area contributed by atoms with Gasteiger partial charge in [0.2, 0.25) is 0 Å². The molecule has 3 nitrogen and oxygen atoms in total. The molecule has 0 fully saturated rings. The van der Waals surface area contributed by atoms with E-state index in [2.05, 4.69) is 15.3 Å². The quantitative estimate of drug-likeness (QED) is 0.813. The molecule has 1 aromatic carbocycles. The molecule has 0 unspecified atom stereocenters. The van der Waals surface area contributed by atoms with Gasteiger partial charge in [-0.25, -0.2) is 9.97 Å². The number of rotatable bonds is 3. The van der Waals surface area contributed by atoms with Crippen molar-refractivity contribution in [2.75, 3.05) is 5.32 Å². The van der Waals surface area contributed by atoms with E-state index in [9.17, 15) is 0 Å². The molecule has 0 amide bonds. The fraction of sp³-hybridized carbons (Fsp3) is 0.286. The van der Waals surface area contributed by atoms with Crippen molar-refractivity contribution >= 4 is 34.7 Å². The first-order valence-corrected chi connectivity index (χ1v) is 6.80. The molecular formula is C14H15Cl2N3. The molecule has 100 valence electrons. The summed E-state index contributed by atoms with van der Waals surface area (Å²) >= 11 is 12.3. The lowest BCUT2D eigenvalue weighted by atomic mass is 10.2. The summed E-state index contributed by atoms with van der Waals surface area (Å²) in [7, 11) is 0. The third-order valence-electron chi connectivity index (χ3n) is 2.75. The minimum atomic E-state index is 0.213. The maximum Gasteiger partial charge on any atom is 0.138 e. The summed E-state index contributed by atoms with van der Waals surface area (Å²) in [5, 5.41) is 4.32. The summed E-state index contributed by atoms with van der Waals surface area (Å²) in [6, 6.07) is 7.51. The Labute approximate surface area is 123 Å². The van der Waals surface area contributed by atoms with Crippen molar-refractivity contribution in [1.29, 1.82) is 0 Å². The number of hydrogen-bond acceptors (Lipinski definition) is 3. The summed E-state index contributed by atoms with van der Waals surface area (Å²) in [6.07, 6.45) is 0. The van der Waals surface area contributed by atoms with Gasteiger partial charge in [-0.15, -0.1) is 0 Å². The van der Waals surface area contributed by atoms with Gasteiger partial charge in [-0.3, -0.25) is 0 Å². The topological polar surface area (TPSA) is 37.8 Å². The molecular weight excluding hydrogens is 281 g/mol. The molecule has 1 aromatic heterocycles. The molecule has 0 bridgehead atoms. The largest absolute Gasteiger partial charge is 0.339 e. The van der Waals surface area contributed by atoms with E-state index in [0.717, 1.165) is 11.3 Å². The highest BCUT2D eigenvalue weighted by Crippen LogP contribution is 2.28. The van der Waals surface area contributed by atoms with Gasteiger partial charge in [0.1, 0.15) is 16.8 Å². The van der Waals surface area contributed by atoms with Crippen molar-refractivity contribution in [3.05, 3.63) is 45.8 Å². The van der Waals surface area contributed by atoms with Crippen LogP contribution in [0.5, 0.6) is 0 Å². The monoisotopic (exact) mass is 295 g/mol. The molecule has 2 aromatic rings. The van der Waals surface area contributed by atoms with E-state index in [1.54, 1.807) is 0 Å². The third-order valence-corrected chi connectivity index (χ3v) is 3.44. The number of para-hydroxylation sites is 1. The molecule has 1 heterocycles. The number of benzene rings is 1. The van der Waals surface area contributed by atoms with Crippen molar-refractivity contribution in [3.8, 4) is 0 Å². The Kier molecular flexibility index (Phi) is 4.27. The maximum atomic E-state index is 6.14. The van der Waals surface area contributed by atoms with Gasteiger partial charge in [0.05, 0.1) is 10.7 Å². The van der Waals surface area contributed by atoms with Crippen LogP contribution in [0.2, 0.25) is 10.2 Å². The highest BCUT2D eigenvalue weighted by molar-refractivity contribution is 6.33. The first-order valence-electron chi connectivity index (χ1n) is 6.04. The molecule has 2 rings (SSSR count). The van der Waals surface area contributed by atoms with Crippen LogP contribution >= 0.6 is 23.2 Å². The molecule has 0 atom stereocenters. The van der Waals surface area contributed by atoms with Crippen molar-refractivity contribution < 1.29 is 0 Å². The Hall–Kier alpha value is -1.32. The van der Waals surface area contributed by atoms with Crippen molar-refractivity contribution in [2.24, 2.45) is 0 Å². The van der Waals surface area contributed by atoms with Gasteiger partial charge in [0.25, 0.3) is 0 Å². The lowest BCUT2D eigenvalue weighted by molar-refractivity contribution is 0.773. The summed E-state index contributed by atoms with van der Waals surface area (Å²) in [6.45, 7) is 5.94. The van der Waals surface area contributed by atoms with Gasteiger partial charge in [0, 0.05) is 11.5 Å². The standard InChI is InChI=1S/C14H15Cl2N3/c1-8(2)13-18-12(16)9(3)14(19-13)17-11-7-5-4-6-10(11)15/h4-8H,1-3H3,(H,17,18,19). The van der Waals surface area contributed by atoms with Crippen LogP contribution in [0.15, 0.2) is 24.3 Å². The number of aromatic nitrogens is 2. The van der Waals surface area contributed by atoms with Crippen LogP contribution in [0.3, 0.4) is 0 Å². The smallest absolute Gasteiger partial charge is 0.138 e. The highest BCUT2D eigenvalue weighted by atomic mass is 35.5. The van der Waals surface area contributed by atoms with E-state index < -0.39 is 0 Å². The second kappa shape index (κ2) is 5.76. The van der Waals surface area contributed by atoms with Gasteiger partial charge in [-0.1, -0.05) is 49.2 Å². The van der Waals surface area contributed by atoms with Crippen LogP contribution in [0.25, 0.3) is 0 Å². The van der Waals surface area contributed by atoms with Gasteiger partial charge >= 0.3 is 0 Å². The minimum Gasteiger partial charge on any atom is -0.339 e. The fourth-order valence-electron chi connectivity index (χ4n) is 1.58. The number of hydrogen-bond donors (Lipinski definition) is 1. The number of anilines is 2. The number of nitrogens with zero attached hydrogens (tertiary/aromatic N) is 2. The van der Waals surface area contributed by atoms with Crippen LogP contribution in [0.4, 0.5) is 11.5 Å². The Morgan fingerprint density at radius 2 is 1.79 bits per heavy atom. The summed E-state index contributed by atoms with van der Waals surface area (Å²) in [5.41, 5.74) is 1.61. The van der Waals surface area contributed by atoms with E-state index in [0.29, 0.717) is 21.8 Å². The molecule has 5 heteroatoms. The Morgan fingerprint density at radius 1 is 1.11 bits per heavy atom. The highest BCUT2D eigenvalue weighted by Gasteiger charge is 2.12. The van der Waals surface area contributed by atoms with Crippen molar-refractivity contribution in [3.63, 3.8) is 0 Å². The SMILES string of the molecule is Cc1c(Cl)nc(C(C)C)nc1Nc1ccccc1Cl. The van der Waals surface area contributed by atoms with Crippen LogP contribution in [-0.2, 0) is 0 Å². The first-order chi connectivity index (χ1) is 8.99. The van der Waals surface area contributed by atoms with Crippen molar-refractivity contribution in [2.45, 2.75) is 26.7 Å². The van der Waals surface area contributed by atoms with Gasteiger partial charge < -0.3 is 5.32 Å². The summed E-state index contributed by atoms with van der Waals surface area (Å²) in [5.74, 6) is 1.62. The number of nitrogens with one attached hydrogen (secondary N) is 1. The molecule has 19 heavy (non-hydrogen) atoms. The predicted octanol–water partition coefficient (Wildman–Crippen LogP) is 4.96. The van der Waals surface area contributed by atoms with Gasteiger partial charge in [-0.2, -0.15) is 0 Å². The normalized spacial score (nSPS) is 10.8. The third kappa shape index (κ3) is 3.17. The minimum absolute atomic E-state index is 0.213. The molecule has 0 spiro atoms. The maximum absolute atomic E-state index is 6.14. The lowest BCUT2D eigenvalue weighted by Gasteiger charge is -2.13. The fourth-order valence-corrected chi connectivity index (χ4v) is 1.93. The Balaban J connectivity index is 2.42. The summed E-state index contributed by atoms with van der Waals surface area (Å²) in [4.78, 5) is 8.78. The molecule has 0 aliphatic carbocycles. The second-order valence-corrected chi connectivity index (χ2v) is 5.37. The Morgan fingerprint density at radius 3 is 2.42 bits per heavy atom. The van der Waals surface area contributed by atoms with Gasteiger partial charge in [0.15, 0.2) is 0 Å². The zero-order valence-electron chi connectivity index (χ0n) is 11.0. The first kappa shape index (κ1) is 14.1. The second-order valence-electron chi connectivity index (χ2n) is 4.61.